The number of rotatable bonds is 5. The zero-order chi connectivity index (χ0) is 21.2. The fourth-order valence-electron chi connectivity index (χ4n) is 3.75. The minimum atomic E-state index is -3.68. The zero-order valence-corrected chi connectivity index (χ0v) is 18.3. The van der Waals surface area contributed by atoms with E-state index in [-0.39, 0.29) is 12.5 Å². The van der Waals surface area contributed by atoms with Crippen LogP contribution in [-0.4, -0.2) is 42.6 Å². The minimum absolute atomic E-state index is 0.181. The molecule has 6 nitrogen and oxygen atoms in total. The molecule has 7 heteroatoms. The Morgan fingerprint density at radius 2 is 1.52 bits per heavy atom. The first-order chi connectivity index (χ1) is 13.7. The molecule has 0 bridgehead atoms. The van der Waals surface area contributed by atoms with Crippen molar-refractivity contribution in [3.05, 3.63) is 64.2 Å². The summed E-state index contributed by atoms with van der Waals surface area (Å²) in [4.78, 5) is 12.6. The van der Waals surface area contributed by atoms with E-state index in [1.54, 1.807) is 0 Å². The van der Waals surface area contributed by atoms with Gasteiger partial charge in [0.25, 0.3) is 10.2 Å². The molecule has 1 N–H and O–H groups in total. The fraction of sp³-hybridized carbons (Fsp3) is 0.409. The molecule has 1 amide bonds. The summed E-state index contributed by atoms with van der Waals surface area (Å²) < 4.78 is 28.8. The van der Waals surface area contributed by atoms with Gasteiger partial charge >= 0.3 is 0 Å². The highest BCUT2D eigenvalue weighted by Gasteiger charge is 2.34. The highest BCUT2D eigenvalue weighted by molar-refractivity contribution is 7.86. The Labute approximate surface area is 173 Å². The molecule has 0 aliphatic carbocycles. The van der Waals surface area contributed by atoms with E-state index in [2.05, 4.69) is 5.32 Å². The van der Waals surface area contributed by atoms with Crippen molar-refractivity contribution in [2.45, 2.75) is 40.7 Å². The fourth-order valence-corrected chi connectivity index (χ4v) is 5.39. The summed E-state index contributed by atoms with van der Waals surface area (Å²) >= 11 is 0. The molecule has 1 saturated heterocycles. The maximum absolute atomic E-state index is 13.0. The van der Waals surface area contributed by atoms with Crippen molar-refractivity contribution in [3.63, 3.8) is 0 Å². The van der Waals surface area contributed by atoms with Gasteiger partial charge in [-0.2, -0.15) is 17.0 Å². The average molecular weight is 416 g/mol. The van der Waals surface area contributed by atoms with Crippen molar-refractivity contribution in [2.75, 3.05) is 25.0 Å². The monoisotopic (exact) mass is 415 g/mol. The van der Waals surface area contributed by atoms with Gasteiger partial charge in [0.15, 0.2) is 0 Å². The van der Waals surface area contributed by atoms with Crippen LogP contribution in [0.5, 0.6) is 0 Å². The van der Waals surface area contributed by atoms with Crippen LogP contribution >= 0.6 is 0 Å². The third-order valence-electron chi connectivity index (χ3n) is 5.21. The lowest BCUT2D eigenvalue weighted by Gasteiger charge is -2.34. The predicted octanol–water partition coefficient (Wildman–Crippen LogP) is 3.31. The van der Waals surface area contributed by atoms with Gasteiger partial charge in [0.2, 0.25) is 5.91 Å². The molecule has 0 spiro atoms. The average Bonchev–Trinajstić information content (AvgIpc) is 2.63. The molecule has 2 aromatic rings. The van der Waals surface area contributed by atoms with E-state index in [9.17, 15) is 13.2 Å². The predicted molar refractivity (Wildman–Crippen MR) is 116 cm³/mol. The first-order valence-electron chi connectivity index (χ1n) is 9.85. The number of hydrogen-bond acceptors (Lipinski definition) is 3. The molecule has 156 valence electrons. The van der Waals surface area contributed by atoms with Crippen LogP contribution in [0.2, 0.25) is 0 Å². The number of carbonyl (C=O) groups is 1. The lowest BCUT2D eigenvalue weighted by atomic mass is 10.1. The topological polar surface area (TPSA) is 69.7 Å². The van der Waals surface area contributed by atoms with E-state index in [0.717, 1.165) is 33.5 Å². The van der Waals surface area contributed by atoms with Crippen molar-refractivity contribution >= 4 is 21.8 Å². The molecule has 3 rings (SSSR count). The van der Waals surface area contributed by atoms with Crippen LogP contribution < -0.4 is 5.32 Å². The molecule has 0 saturated carbocycles. The Balaban J connectivity index is 1.70. The number of aryl methyl sites for hydroxylation is 4. The molecular formula is C22H29N3O3S. The number of anilines is 1. The third-order valence-corrected chi connectivity index (χ3v) is 7.14. The Morgan fingerprint density at radius 1 is 0.931 bits per heavy atom. The molecule has 0 radical (unpaired) electrons. The molecule has 1 fully saturated rings. The maximum Gasteiger partial charge on any atom is 0.282 e. The number of amides is 1. The summed E-state index contributed by atoms with van der Waals surface area (Å²) in [6, 6.07) is 11.8. The van der Waals surface area contributed by atoms with E-state index in [0.29, 0.717) is 26.1 Å². The van der Waals surface area contributed by atoms with Crippen LogP contribution in [0.25, 0.3) is 0 Å². The zero-order valence-electron chi connectivity index (χ0n) is 17.5. The van der Waals surface area contributed by atoms with Crippen LogP contribution in [0.3, 0.4) is 0 Å². The Hall–Kier alpha value is -2.22. The first-order valence-corrected chi connectivity index (χ1v) is 11.2. The molecule has 1 heterocycles. The van der Waals surface area contributed by atoms with Gasteiger partial charge < -0.3 is 5.32 Å². The molecule has 0 unspecified atom stereocenters. The molecule has 2 aromatic carbocycles. The Bertz CT molecular complexity index is 977. The highest BCUT2D eigenvalue weighted by atomic mass is 32.2. The summed E-state index contributed by atoms with van der Waals surface area (Å²) in [7, 11) is -3.68. The lowest BCUT2D eigenvalue weighted by Crippen LogP contribution is -2.51. The van der Waals surface area contributed by atoms with Crippen LogP contribution in [0.1, 0.15) is 34.2 Å². The van der Waals surface area contributed by atoms with E-state index < -0.39 is 10.2 Å². The molecule has 0 atom stereocenters. The van der Waals surface area contributed by atoms with Gasteiger partial charge in [-0.25, -0.2) is 0 Å². The van der Waals surface area contributed by atoms with Gasteiger partial charge in [-0.15, -0.1) is 0 Å². The van der Waals surface area contributed by atoms with E-state index in [1.165, 1.54) is 8.61 Å². The molecule has 1 aliphatic rings. The van der Waals surface area contributed by atoms with Gasteiger partial charge in [-0.1, -0.05) is 47.5 Å². The maximum atomic E-state index is 13.0. The van der Waals surface area contributed by atoms with Crippen molar-refractivity contribution in [2.24, 2.45) is 0 Å². The number of benzene rings is 2. The van der Waals surface area contributed by atoms with Crippen LogP contribution in [-0.2, 0) is 21.5 Å². The number of nitrogens with zero attached hydrogens (tertiary/aromatic N) is 2. The quantitative estimate of drug-likeness (QED) is 0.815. The van der Waals surface area contributed by atoms with Crippen LogP contribution in [0.15, 0.2) is 36.4 Å². The second-order valence-electron chi connectivity index (χ2n) is 7.84. The van der Waals surface area contributed by atoms with Gasteiger partial charge in [-0.3, -0.25) is 4.79 Å². The molecule has 1 aliphatic heterocycles. The Kier molecular flexibility index (Phi) is 6.41. The smallest absolute Gasteiger partial charge is 0.282 e. The third kappa shape index (κ3) is 5.04. The second kappa shape index (κ2) is 8.65. The molecule has 0 aromatic heterocycles. The second-order valence-corrected chi connectivity index (χ2v) is 9.76. The van der Waals surface area contributed by atoms with Crippen molar-refractivity contribution < 1.29 is 13.2 Å². The summed E-state index contributed by atoms with van der Waals surface area (Å²) in [5.41, 5.74) is 5.90. The van der Waals surface area contributed by atoms with Crippen molar-refractivity contribution in [1.29, 1.82) is 0 Å². The van der Waals surface area contributed by atoms with Crippen molar-refractivity contribution in [1.82, 2.24) is 8.61 Å². The Morgan fingerprint density at radius 3 is 2.14 bits per heavy atom. The first kappa shape index (κ1) is 21.5. The van der Waals surface area contributed by atoms with Crippen LogP contribution in [0, 0.1) is 27.7 Å². The lowest BCUT2D eigenvalue weighted by molar-refractivity contribution is -0.116. The largest absolute Gasteiger partial charge is 0.324 e. The molecule has 29 heavy (non-hydrogen) atoms. The minimum Gasteiger partial charge on any atom is -0.324 e. The normalized spacial score (nSPS) is 17.2. The van der Waals surface area contributed by atoms with E-state index in [4.69, 9.17) is 0 Å². The summed E-state index contributed by atoms with van der Waals surface area (Å²) in [6.07, 6.45) is 0.695. The highest BCUT2D eigenvalue weighted by Crippen LogP contribution is 2.23. The van der Waals surface area contributed by atoms with E-state index >= 15 is 0 Å². The summed E-state index contributed by atoms with van der Waals surface area (Å²) in [6.45, 7) is 8.84. The number of carbonyl (C=O) groups excluding carboxylic acids is 1. The standard InChI is InChI=1S/C22H29N3O3S/c1-16-6-8-20(9-7-16)14-24-10-5-11-25(29(24,27)28)15-21(26)23-22-18(3)12-17(2)13-19(22)4/h6-9,12-13H,5,10-11,14-15H2,1-4H3,(H,23,26). The summed E-state index contributed by atoms with van der Waals surface area (Å²) in [5, 5.41) is 2.90. The number of hydrogen-bond donors (Lipinski definition) is 1. The van der Waals surface area contributed by atoms with Gasteiger partial charge in [0, 0.05) is 25.3 Å². The summed E-state index contributed by atoms with van der Waals surface area (Å²) in [5.74, 6) is -0.319. The van der Waals surface area contributed by atoms with Gasteiger partial charge in [-0.05, 0) is 50.8 Å². The SMILES string of the molecule is Cc1ccc(CN2CCCN(CC(=O)Nc3c(C)cc(C)cc3C)S2(=O)=O)cc1. The molecular weight excluding hydrogens is 386 g/mol. The number of nitrogens with one attached hydrogen (secondary N) is 1. The van der Waals surface area contributed by atoms with Gasteiger partial charge in [0.1, 0.15) is 0 Å². The van der Waals surface area contributed by atoms with Gasteiger partial charge in [0.05, 0.1) is 6.54 Å². The van der Waals surface area contributed by atoms with Crippen molar-refractivity contribution in [3.8, 4) is 0 Å². The van der Waals surface area contributed by atoms with E-state index in [1.807, 2.05) is 64.1 Å². The van der Waals surface area contributed by atoms with Crippen LogP contribution in [0.4, 0.5) is 5.69 Å².